The van der Waals surface area contributed by atoms with Gasteiger partial charge in [0, 0.05) is 0 Å². The van der Waals surface area contributed by atoms with Gasteiger partial charge in [0.25, 0.3) is 0 Å². The Morgan fingerprint density at radius 1 is 1.19 bits per heavy atom. The lowest BCUT2D eigenvalue weighted by atomic mass is 10.1. The number of nitrogens with two attached hydrogens (primary N) is 1. The lowest BCUT2D eigenvalue weighted by Gasteiger charge is -2.04. The summed E-state index contributed by atoms with van der Waals surface area (Å²) in [5.41, 5.74) is 6.30. The fourth-order valence-electron chi connectivity index (χ4n) is 0.955. The Hall–Kier alpha value is -1.35. The van der Waals surface area contributed by atoms with Crippen molar-refractivity contribution in [3.8, 4) is 0 Å². The van der Waals surface area contributed by atoms with Crippen molar-refractivity contribution in [2.24, 2.45) is 5.73 Å². The maximum Gasteiger partial charge on any atom is 0.320 e. The zero-order chi connectivity index (χ0) is 13.0. The van der Waals surface area contributed by atoms with E-state index in [1.165, 1.54) is 0 Å². The van der Waals surface area contributed by atoms with Crippen LogP contribution in [0.15, 0.2) is 30.3 Å². The van der Waals surface area contributed by atoms with Crippen LogP contribution in [-0.4, -0.2) is 17.1 Å². The van der Waals surface area contributed by atoms with Crippen molar-refractivity contribution in [2.45, 2.75) is 40.2 Å². The van der Waals surface area contributed by atoms with Crippen LogP contribution in [0, 0.1) is 0 Å². The molecule has 3 nitrogen and oxygen atoms in total. The van der Waals surface area contributed by atoms with E-state index in [4.69, 9.17) is 10.8 Å². The summed E-state index contributed by atoms with van der Waals surface area (Å²) < 4.78 is 0. The number of aliphatic carboxylic acids is 1. The molecule has 1 rings (SSSR count). The highest BCUT2D eigenvalue weighted by Gasteiger charge is 2.10. The van der Waals surface area contributed by atoms with E-state index in [1.807, 2.05) is 58.0 Å². The Labute approximate surface area is 98.3 Å². The maximum atomic E-state index is 10.4. The van der Waals surface area contributed by atoms with Gasteiger partial charge in [0.1, 0.15) is 6.04 Å². The Kier molecular flexibility index (Phi) is 12.5. The highest BCUT2D eigenvalue weighted by Crippen LogP contribution is 2.01. The van der Waals surface area contributed by atoms with Crippen molar-refractivity contribution >= 4 is 5.97 Å². The molecule has 92 valence electrons. The van der Waals surface area contributed by atoms with Crippen LogP contribution in [0.5, 0.6) is 0 Å². The number of hydrogen-bond donors (Lipinski definition) is 2. The van der Waals surface area contributed by atoms with E-state index in [-0.39, 0.29) is 0 Å². The molecular formula is C13H23NO2. The van der Waals surface area contributed by atoms with Gasteiger partial charge in [-0.1, -0.05) is 58.0 Å². The molecule has 0 fully saturated rings. The van der Waals surface area contributed by atoms with Crippen molar-refractivity contribution in [2.75, 3.05) is 0 Å². The molecule has 1 atom stereocenters. The normalized spacial score (nSPS) is 10.1. The second-order valence-electron chi connectivity index (χ2n) is 2.63. The molecule has 1 aromatic rings. The molecule has 0 aliphatic rings. The number of hydrogen-bond acceptors (Lipinski definition) is 2. The fourth-order valence-corrected chi connectivity index (χ4v) is 0.955. The van der Waals surface area contributed by atoms with E-state index < -0.39 is 12.0 Å². The van der Waals surface area contributed by atoms with Gasteiger partial charge in [-0.3, -0.25) is 4.79 Å². The molecule has 3 N–H and O–H groups in total. The Balaban J connectivity index is 0. The third-order valence-electron chi connectivity index (χ3n) is 1.62. The molecule has 0 amide bonds. The van der Waals surface area contributed by atoms with Gasteiger partial charge in [-0.25, -0.2) is 0 Å². The van der Waals surface area contributed by atoms with Gasteiger partial charge < -0.3 is 10.8 Å². The largest absolute Gasteiger partial charge is 0.480 e. The van der Waals surface area contributed by atoms with Crippen LogP contribution in [0.3, 0.4) is 0 Å². The molecule has 1 unspecified atom stereocenters. The van der Waals surface area contributed by atoms with Gasteiger partial charge >= 0.3 is 5.97 Å². The second-order valence-corrected chi connectivity index (χ2v) is 2.63. The molecule has 0 saturated carbocycles. The number of benzene rings is 1. The first-order chi connectivity index (χ1) is 7.70. The average Bonchev–Trinajstić information content (AvgIpc) is 2.35. The Bertz CT molecular complexity index is 260. The van der Waals surface area contributed by atoms with Crippen molar-refractivity contribution in [1.82, 2.24) is 0 Å². The summed E-state index contributed by atoms with van der Waals surface area (Å²) in [7, 11) is 0. The monoisotopic (exact) mass is 225 g/mol. The minimum atomic E-state index is -0.959. The summed E-state index contributed by atoms with van der Waals surface area (Å²) in [5.74, 6) is -0.959. The quantitative estimate of drug-likeness (QED) is 0.831. The Morgan fingerprint density at radius 3 is 2.00 bits per heavy atom. The van der Waals surface area contributed by atoms with Crippen LogP contribution in [0.2, 0.25) is 0 Å². The molecule has 0 aromatic heterocycles. The molecule has 0 aliphatic carbocycles. The van der Waals surface area contributed by atoms with E-state index in [0.717, 1.165) is 5.56 Å². The van der Waals surface area contributed by atoms with Gasteiger partial charge in [0.2, 0.25) is 0 Å². The van der Waals surface area contributed by atoms with E-state index in [0.29, 0.717) is 6.42 Å². The number of carboxylic acid groups (broad SMARTS) is 1. The molecule has 0 radical (unpaired) electrons. The Morgan fingerprint density at radius 2 is 1.62 bits per heavy atom. The first-order valence-electron chi connectivity index (χ1n) is 5.72. The molecule has 0 aliphatic heterocycles. The first-order valence-corrected chi connectivity index (χ1v) is 5.72. The molecule has 0 spiro atoms. The summed E-state index contributed by atoms with van der Waals surface area (Å²) in [6.45, 7) is 8.00. The summed E-state index contributed by atoms with van der Waals surface area (Å²) in [6, 6.07) is 8.54. The van der Waals surface area contributed by atoms with Crippen molar-refractivity contribution in [1.29, 1.82) is 0 Å². The highest BCUT2D eigenvalue weighted by atomic mass is 16.4. The van der Waals surface area contributed by atoms with Gasteiger partial charge in [0.05, 0.1) is 0 Å². The fraction of sp³-hybridized carbons (Fsp3) is 0.462. The smallest absolute Gasteiger partial charge is 0.320 e. The third kappa shape index (κ3) is 8.00. The molecule has 0 bridgehead atoms. The van der Waals surface area contributed by atoms with Gasteiger partial charge in [-0.2, -0.15) is 0 Å². The van der Waals surface area contributed by atoms with Crippen molar-refractivity contribution in [3.05, 3.63) is 35.9 Å². The molecular weight excluding hydrogens is 202 g/mol. The third-order valence-corrected chi connectivity index (χ3v) is 1.62. The molecule has 0 saturated heterocycles. The second kappa shape index (κ2) is 11.7. The first kappa shape index (κ1) is 17.1. The van der Waals surface area contributed by atoms with Crippen LogP contribution < -0.4 is 5.73 Å². The van der Waals surface area contributed by atoms with Gasteiger partial charge in [0.15, 0.2) is 0 Å². The molecule has 1 aromatic carbocycles. The summed E-state index contributed by atoms with van der Waals surface area (Å²) in [5, 5.41) is 8.52. The van der Waals surface area contributed by atoms with Gasteiger partial charge in [-0.15, -0.1) is 0 Å². The van der Waals surface area contributed by atoms with Gasteiger partial charge in [-0.05, 0) is 12.0 Å². The minimum Gasteiger partial charge on any atom is -0.480 e. The zero-order valence-corrected chi connectivity index (χ0v) is 10.6. The van der Waals surface area contributed by atoms with Crippen LogP contribution in [0.25, 0.3) is 0 Å². The molecule has 3 heteroatoms. The van der Waals surface area contributed by atoms with Crippen molar-refractivity contribution < 1.29 is 9.90 Å². The zero-order valence-electron chi connectivity index (χ0n) is 10.6. The number of rotatable bonds is 3. The average molecular weight is 225 g/mol. The van der Waals surface area contributed by atoms with Crippen LogP contribution in [-0.2, 0) is 11.2 Å². The standard InChI is InChI=1S/C9H11NO2.2C2H6/c10-8(9(11)12)6-7-4-2-1-3-5-7;2*1-2/h1-5,8H,6,10H2,(H,11,12);2*1-2H3. The van der Waals surface area contributed by atoms with E-state index in [9.17, 15) is 4.79 Å². The topological polar surface area (TPSA) is 63.3 Å². The predicted octanol–water partition coefficient (Wildman–Crippen LogP) is 2.69. The SMILES string of the molecule is CC.CC.NC(Cc1ccccc1)C(=O)O. The van der Waals surface area contributed by atoms with Crippen molar-refractivity contribution in [3.63, 3.8) is 0 Å². The summed E-state index contributed by atoms with van der Waals surface area (Å²) in [4.78, 5) is 10.4. The number of carbonyl (C=O) groups is 1. The lowest BCUT2D eigenvalue weighted by Crippen LogP contribution is -2.32. The van der Waals surface area contributed by atoms with Crippen LogP contribution >= 0.6 is 0 Å². The maximum absolute atomic E-state index is 10.4. The highest BCUT2D eigenvalue weighted by molar-refractivity contribution is 5.73. The minimum absolute atomic E-state index is 0.385. The number of carboxylic acids is 1. The summed E-state index contributed by atoms with van der Waals surface area (Å²) >= 11 is 0. The summed E-state index contributed by atoms with van der Waals surface area (Å²) in [6.07, 6.45) is 0.385. The molecule has 0 heterocycles. The van der Waals surface area contributed by atoms with E-state index >= 15 is 0 Å². The van der Waals surface area contributed by atoms with Crippen LogP contribution in [0.1, 0.15) is 33.3 Å². The predicted molar refractivity (Wildman–Crippen MR) is 68.5 cm³/mol. The van der Waals surface area contributed by atoms with E-state index in [1.54, 1.807) is 0 Å². The van der Waals surface area contributed by atoms with Crippen LogP contribution in [0.4, 0.5) is 0 Å². The van der Waals surface area contributed by atoms with E-state index in [2.05, 4.69) is 0 Å². The lowest BCUT2D eigenvalue weighted by molar-refractivity contribution is -0.138. The molecule has 16 heavy (non-hydrogen) atoms.